The summed E-state index contributed by atoms with van der Waals surface area (Å²) in [5.74, 6) is -3.34. The lowest BCUT2D eigenvalue weighted by molar-refractivity contribution is -0.142. The van der Waals surface area contributed by atoms with Crippen molar-refractivity contribution in [2.45, 2.75) is 83.2 Å². The van der Waals surface area contributed by atoms with E-state index in [0.29, 0.717) is 32.2 Å². The van der Waals surface area contributed by atoms with Crippen molar-refractivity contribution in [1.29, 1.82) is 0 Å². The van der Waals surface area contributed by atoms with Crippen molar-refractivity contribution < 1.29 is 57.9 Å². The van der Waals surface area contributed by atoms with Crippen LogP contribution in [0.25, 0.3) is 0 Å². The number of unbranched alkanes of at least 4 members (excludes halogenated alkanes) is 4. The molecule has 0 radical (unpaired) electrons. The molecule has 2 atom stereocenters. The first-order valence-corrected chi connectivity index (χ1v) is 16.6. The molecule has 0 spiro atoms. The molecule has 17 nitrogen and oxygen atoms in total. The fraction of sp³-hybridized carbons (Fsp3) is 0.806. The number of amides is 4. The smallest absolute Gasteiger partial charge is 0.326 e. The van der Waals surface area contributed by atoms with Crippen LogP contribution in [0.1, 0.15) is 71.1 Å². The highest BCUT2D eigenvalue weighted by Gasteiger charge is 2.20. The summed E-state index contributed by atoms with van der Waals surface area (Å²) in [7, 11) is 1.60. The van der Waals surface area contributed by atoms with Gasteiger partial charge < -0.3 is 55.7 Å². The normalized spacial score (nSPS) is 12.1. The summed E-state index contributed by atoms with van der Waals surface area (Å²) in [5.41, 5.74) is 0. The summed E-state index contributed by atoms with van der Waals surface area (Å²) in [5, 5.41) is 31.4. The van der Waals surface area contributed by atoms with E-state index in [4.69, 9.17) is 24.1 Å². The van der Waals surface area contributed by atoms with Crippen LogP contribution in [-0.4, -0.2) is 137 Å². The van der Waals surface area contributed by atoms with Crippen molar-refractivity contribution in [1.82, 2.24) is 26.6 Å². The quantitative estimate of drug-likeness (QED) is 0.0433. The molecule has 0 bridgehead atoms. The third-order valence-electron chi connectivity index (χ3n) is 6.79. The lowest BCUT2D eigenvalue weighted by Gasteiger charge is -2.14. The van der Waals surface area contributed by atoms with Crippen LogP contribution in [0, 0.1) is 0 Å². The van der Waals surface area contributed by atoms with Crippen LogP contribution in [0.4, 0.5) is 0 Å². The maximum atomic E-state index is 12.0. The van der Waals surface area contributed by atoms with Crippen LogP contribution in [0.3, 0.4) is 0 Å². The van der Waals surface area contributed by atoms with Gasteiger partial charge in [0, 0.05) is 32.5 Å². The number of carbonyl (C=O) groups excluding carboxylic acids is 4. The standard InChI is InChI=1S/C31H57N5O12/c1-3-4-5-6-10-27(38)36-25(31(43)44)11-12-26(37)34-14-16-45-18-21-48-23-29(40)35-15-17-46-19-20-47-22-28(39)33-13-8-7-9-24(32-2)30(41)42/h24-25,32H,3-23H2,1-2H3,(H,33,39)(H,34,37)(H,35,40)(H,36,38)(H,41,42)(H,43,44). The third-order valence-corrected chi connectivity index (χ3v) is 6.79. The van der Waals surface area contributed by atoms with E-state index in [1.54, 1.807) is 7.05 Å². The lowest BCUT2D eigenvalue weighted by Crippen LogP contribution is -2.41. The summed E-state index contributed by atoms with van der Waals surface area (Å²) in [4.78, 5) is 69.8. The van der Waals surface area contributed by atoms with Gasteiger partial charge in [-0.05, 0) is 39.2 Å². The van der Waals surface area contributed by atoms with E-state index >= 15 is 0 Å². The first kappa shape index (κ1) is 44.6. The largest absolute Gasteiger partial charge is 0.480 e. The second kappa shape index (κ2) is 30.9. The number of hydrogen-bond donors (Lipinski definition) is 7. The van der Waals surface area contributed by atoms with Gasteiger partial charge >= 0.3 is 11.9 Å². The van der Waals surface area contributed by atoms with Crippen LogP contribution in [-0.2, 0) is 47.7 Å². The zero-order chi connectivity index (χ0) is 35.8. The molecule has 0 aliphatic carbocycles. The predicted octanol–water partition coefficient (Wildman–Crippen LogP) is -0.436. The minimum atomic E-state index is -1.18. The van der Waals surface area contributed by atoms with Gasteiger partial charge in [0.2, 0.25) is 23.6 Å². The zero-order valence-corrected chi connectivity index (χ0v) is 28.5. The van der Waals surface area contributed by atoms with Gasteiger partial charge in [-0.25, -0.2) is 4.79 Å². The molecule has 0 saturated heterocycles. The van der Waals surface area contributed by atoms with E-state index in [0.717, 1.165) is 19.3 Å². The molecule has 0 aliphatic rings. The number of carboxylic acids is 2. The summed E-state index contributed by atoms with van der Waals surface area (Å²) < 4.78 is 21.2. The number of ether oxygens (including phenoxy) is 4. The summed E-state index contributed by atoms with van der Waals surface area (Å²) in [6.45, 7) is 4.01. The Bertz CT molecular complexity index is 924. The Morgan fingerprint density at radius 2 is 1.08 bits per heavy atom. The molecule has 0 fully saturated rings. The lowest BCUT2D eigenvalue weighted by atomic mass is 10.1. The molecule has 0 aromatic rings. The first-order chi connectivity index (χ1) is 23.1. The molecule has 7 N–H and O–H groups in total. The van der Waals surface area contributed by atoms with E-state index in [-0.39, 0.29) is 109 Å². The fourth-order valence-electron chi connectivity index (χ4n) is 4.09. The number of aliphatic carboxylic acids is 2. The number of carboxylic acid groups (broad SMARTS) is 2. The van der Waals surface area contributed by atoms with E-state index in [1.807, 2.05) is 0 Å². The number of hydrogen-bond acceptors (Lipinski definition) is 11. The van der Waals surface area contributed by atoms with Gasteiger partial charge in [0.15, 0.2) is 0 Å². The van der Waals surface area contributed by atoms with Gasteiger partial charge in [-0.15, -0.1) is 0 Å². The van der Waals surface area contributed by atoms with Gasteiger partial charge in [-0.2, -0.15) is 0 Å². The number of rotatable bonds is 33. The van der Waals surface area contributed by atoms with Gasteiger partial charge in [0.25, 0.3) is 0 Å². The van der Waals surface area contributed by atoms with Crippen molar-refractivity contribution in [2.24, 2.45) is 0 Å². The highest BCUT2D eigenvalue weighted by atomic mass is 16.5. The molecule has 48 heavy (non-hydrogen) atoms. The van der Waals surface area contributed by atoms with Crippen LogP contribution >= 0.6 is 0 Å². The SMILES string of the molecule is CCCCCCC(=O)NC(CCC(=O)NCCOCCOCC(=O)NCCOCCOCC(=O)NCCCCC(NC)C(=O)O)C(=O)O. The third kappa shape index (κ3) is 27.7. The van der Waals surface area contributed by atoms with Crippen LogP contribution in [0.5, 0.6) is 0 Å². The number of likely N-dealkylation sites (N-methyl/N-ethyl adjacent to an activating group) is 1. The second-order valence-corrected chi connectivity index (χ2v) is 10.9. The molecular weight excluding hydrogens is 634 g/mol. The maximum Gasteiger partial charge on any atom is 0.326 e. The molecule has 2 unspecified atom stereocenters. The molecule has 0 saturated carbocycles. The summed E-state index contributed by atoms with van der Waals surface area (Å²) in [6, 6.07) is -1.71. The Labute approximate surface area is 282 Å². The Kier molecular flexibility index (Phi) is 28.7. The molecule has 4 amide bonds. The van der Waals surface area contributed by atoms with E-state index < -0.39 is 24.0 Å². The van der Waals surface area contributed by atoms with Crippen molar-refractivity contribution in [2.75, 3.05) is 79.5 Å². The molecule has 278 valence electrons. The van der Waals surface area contributed by atoms with Crippen molar-refractivity contribution in [3.05, 3.63) is 0 Å². The van der Waals surface area contributed by atoms with Crippen LogP contribution in [0.2, 0.25) is 0 Å². The Balaban J connectivity index is 3.62. The van der Waals surface area contributed by atoms with Crippen molar-refractivity contribution in [3.63, 3.8) is 0 Å². The fourth-order valence-corrected chi connectivity index (χ4v) is 4.09. The van der Waals surface area contributed by atoms with Crippen molar-refractivity contribution in [3.8, 4) is 0 Å². The Morgan fingerprint density at radius 3 is 1.62 bits per heavy atom. The van der Waals surface area contributed by atoms with Crippen LogP contribution in [0.15, 0.2) is 0 Å². The highest BCUT2D eigenvalue weighted by molar-refractivity contribution is 5.84. The van der Waals surface area contributed by atoms with E-state index in [9.17, 15) is 33.9 Å². The number of carbonyl (C=O) groups is 6. The van der Waals surface area contributed by atoms with Gasteiger partial charge in [0.1, 0.15) is 25.3 Å². The molecule has 0 heterocycles. The second-order valence-electron chi connectivity index (χ2n) is 10.9. The molecule has 0 aromatic heterocycles. The predicted molar refractivity (Wildman–Crippen MR) is 174 cm³/mol. The minimum absolute atomic E-state index is 0.0145. The molecule has 0 rings (SSSR count). The van der Waals surface area contributed by atoms with E-state index in [1.165, 1.54) is 0 Å². The molecule has 0 aromatic carbocycles. The van der Waals surface area contributed by atoms with Crippen LogP contribution < -0.4 is 26.6 Å². The molecule has 0 aliphatic heterocycles. The minimum Gasteiger partial charge on any atom is -0.480 e. The monoisotopic (exact) mass is 691 g/mol. The molecular formula is C31H57N5O12. The van der Waals surface area contributed by atoms with Gasteiger partial charge in [-0.1, -0.05) is 26.2 Å². The number of nitrogens with one attached hydrogen (secondary N) is 5. The maximum absolute atomic E-state index is 12.0. The summed E-state index contributed by atoms with van der Waals surface area (Å²) >= 11 is 0. The first-order valence-electron chi connectivity index (χ1n) is 16.6. The highest BCUT2D eigenvalue weighted by Crippen LogP contribution is 2.04. The summed E-state index contributed by atoms with van der Waals surface area (Å²) in [6.07, 6.45) is 5.68. The molecule has 17 heteroatoms. The van der Waals surface area contributed by atoms with Crippen molar-refractivity contribution >= 4 is 35.6 Å². The Hall–Kier alpha value is -3.38. The Morgan fingerprint density at radius 1 is 0.542 bits per heavy atom. The average molecular weight is 692 g/mol. The van der Waals surface area contributed by atoms with Gasteiger partial charge in [-0.3, -0.25) is 24.0 Å². The average Bonchev–Trinajstić information content (AvgIpc) is 3.05. The van der Waals surface area contributed by atoms with Gasteiger partial charge in [0.05, 0.1) is 39.6 Å². The topological polar surface area (TPSA) is 240 Å². The zero-order valence-electron chi connectivity index (χ0n) is 28.5. The van der Waals surface area contributed by atoms with E-state index in [2.05, 4.69) is 33.5 Å².